The largest absolute Gasteiger partial charge is 0.497 e. The molecular formula is C27H34N4O3S. The molecule has 0 unspecified atom stereocenters. The minimum atomic E-state index is -0.299. The molecular weight excluding hydrogens is 460 g/mol. The van der Waals surface area contributed by atoms with E-state index in [1.54, 1.807) is 7.11 Å². The molecule has 0 atom stereocenters. The predicted octanol–water partition coefficient (Wildman–Crippen LogP) is 3.84. The van der Waals surface area contributed by atoms with E-state index in [2.05, 4.69) is 47.2 Å². The molecule has 1 aliphatic rings. The Morgan fingerprint density at radius 3 is 2.51 bits per heavy atom. The van der Waals surface area contributed by atoms with E-state index in [4.69, 9.17) is 14.8 Å². The summed E-state index contributed by atoms with van der Waals surface area (Å²) in [6.07, 6.45) is 0. The van der Waals surface area contributed by atoms with Gasteiger partial charge in [0, 0.05) is 55.6 Å². The van der Waals surface area contributed by atoms with Gasteiger partial charge in [-0.25, -0.2) is 4.98 Å². The van der Waals surface area contributed by atoms with Crippen LogP contribution in [0.5, 0.6) is 5.75 Å². The number of rotatable bonds is 9. The van der Waals surface area contributed by atoms with Gasteiger partial charge in [0.05, 0.1) is 19.4 Å². The zero-order chi connectivity index (χ0) is 24.8. The molecule has 186 valence electrons. The highest BCUT2D eigenvalue weighted by atomic mass is 32.1. The molecule has 2 heterocycles. The number of nitrogens with zero attached hydrogens (tertiary/aromatic N) is 3. The normalized spacial score (nSPS) is 15.2. The number of benzene rings is 2. The minimum absolute atomic E-state index is 0.150. The van der Waals surface area contributed by atoms with Gasteiger partial charge in [-0.1, -0.05) is 38.1 Å². The Kier molecular flexibility index (Phi) is 8.18. The summed E-state index contributed by atoms with van der Waals surface area (Å²) >= 11 is 1.44. The van der Waals surface area contributed by atoms with Crippen LogP contribution in [0.25, 0.3) is 0 Å². The van der Waals surface area contributed by atoms with Gasteiger partial charge in [0.1, 0.15) is 5.75 Å². The average molecular weight is 495 g/mol. The van der Waals surface area contributed by atoms with Crippen LogP contribution < -0.4 is 10.1 Å². The maximum Gasteiger partial charge on any atom is 0.257 e. The fourth-order valence-electron chi connectivity index (χ4n) is 4.32. The van der Waals surface area contributed by atoms with Crippen LogP contribution in [0.4, 0.5) is 5.13 Å². The molecule has 1 amide bonds. The van der Waals surface area contributed by atoms with Crippen molar-refractivity contribution in [3.8, 4) is 5.75 Å². The first-order chi connectivity index (χ1) is 16.9. The van der Waals surface area contributed by atoms with E-state index < -0.39 is 0 Å². The highest BCUT2D eigenvalue weighted by Crippen LogP contribution is 2.34. The second-order valence-electron chi connectivity index (χ2n) is 9.39. The van der Waals surface area contributed by atoms with Crippen LogP contribution in [0.3, 0.4) is 0 Å². The number of carbonyl (C=O) groups is 1. The molecule has 7 nitrogen and oxygen atoms in total. The number of hydrogen-bond donors (Lipinski definition) is 2. The van der Waals surface area contributed by atoms with Gasteiger partial charge in [-0.15, -0.1) is 11.3 Å². The highest BCUT2D eigenvalue weighted by Gasteiger charge is 2.26. The Balaban J connectivity index is 1.38. The van der Waals surface area contributed by atoms with Gasteiger partial charge in [-0.3, -0.25) is 19.9 Å². The van der Waals surface area contributed by atoms with Crippen LogP contribution in [0, 0.1) is 0 Å². The summed E-state index contributed by atoms with van der Waals surface area (Å²) in [5.74, 6) is 0.671. The summed E-state index contributed by atoms with van der Waals surface area (Å²) in [6.45, 7) is 9.84. The zero-order valence-corrected chi connectivity index (χ0v) is 21.5. The summed E-state index contributed by atoms with van der Waals surface area (Å²) in [7, 11) is 1.66. The van der Waals surface area contributed by atoms with Gasteiger partial charge in [0.25, 0.3) is 5.91 Å². The summed E-state index contributed by atoms with van der Waals surface area (Å²) in [4.78, 5) is 22.4. The molecule has 1 fully saturated rings. The first-order valence-corrected chi connectivity index (χ1v) is 12.8. The number of nitrogens with one attached hydrogen (secondary N) is 1. The van der Waals surface area contributed by atoms with E-state index in [0.29, 0.717) is 10.7 Å². The number of ether oxygens (including phenoxy) is 1. The lowest BCUT2D eigenvalue weighted by atomic mass is 9.82. The van der Waals surface area contributed by atoms with Crippen molar-refractivity contribution in [2.24, 2.45) is 0 Å². The Bertz CT molecular complexity index is 1120. The van der Waals surface area contributed by atoms with Crippen LogP contribution in [0.1, 0.15) is 41.0 Å². The number of aliphatic hydroxyl groups is 1. The molecule has 2 aromatic carbocycles. The van der Waals surface area contributed by atoms with Crippen molar-refractivity contribution in [2.45, 2.75) is 25.8 Å². The zero-order valence-electron chi connectivity index (χ0n) is 20.7. The number of hydrogen-bond acceptors (Lipinski definition) is 7. The van der Waals surface area contributed by atoms with Gasteiger partial charge < -0.3 is 9.84 Å². The number of aromatic nitrogens is 1. The number of carbonyl (C=O) groups excluding carboxylic acids is 1. The van der Waals surface area contributed by atoms with Crippen LogP contribution in [0.15, 0.2) is 53.9 Å². The maximum atomic E-state index is 13.0. The molecule has 0 aliphatic carbocycles. The summed E-state index contributed by atoms with van der Waals surface area (Å²) in [5, 5.41) is 14.7. The molecule has 1 aliphatic heterocycles. The number of amides is 1. The second-order valence-corrected chi connectivity index (χ2v) is 10.2. The monoisotopic (exact) mass is 494 g/mol. The lowest BCUT2D eigenvalue weighted by Crippen LogP contribution is -2.46. The van der Waals surface area contributed by atoms with Gasteiger partial charge in [0.15, 0.2) is 5.13 Å². The van der Waals surface area contributed by atoms with Crippen molar-refractivity contribution < 1.29 is 14.6 Å². The fraction of sp³-hybridized carbons (Fsp3) is 0.407. The third-order valence-electron chi connectivity index (χ3n) is 6.65. The molecule has 8 heteroatoms. The van der Waals surface area contributed by atoms with Gasteiger partial charge >= 0.3 is 0 Å². The molecule has 0 spiro atoms. The number of methoxy groups -OCH3 is 1. The van der Waals surface area contributed by atoms with Crippen molar-refractivity contribution in [2.75, 3.05) is 51.8 Å². The third kappa shape index (κ3) is 6.27. The number of β-amino-alcohol motifs (C(OH)–C–C–N with tert-alkyl or cyclic N) is 1. The first kappa shape index (κ1) is 25.3. The second kappa shape index (κ2) is 11.3. The molecule has 1 saturated heterocycles. The minimum Gasteiger partial charge on any atom is -0.497 e. The van der Waals surface area contributed by atoms with Crippen LogP contribution in [-0.4, -0.2) is 72.2 Å². The molecule has 2 N–H and O–H groups in total. The van der Waals surface area contributed by atoms with E-state index in [1.165, 1.54) is 11.3 Å². The van der Waals surface area contributed by atoms with Gasteiger partial charge in [-0.2, -0.15) is 0 Å². The molecule has 3 aromatic rings. The van der Waals surface area contributed by atoms with E-state index in [9.17, 15) is 4.79 Å². The Hall–Kier alpha value is -2.78. The standard InChI is InChI=1S/C27H34N4O3S/c1-27(2,22-7-9-23(34-3)10-8-22)24-19-35-26(28-24)29-25(33)21-6-4-5-20(17-21)18-31-13-11-30(12-14-31)15-16-32/h4-10,17,19,32H,11-16,18H2,1-3H3,(H,28,29,33). The lowest BCUT2D eigenvalue weighted by Gasteiger charge is -2.34. The Morgan fingerprint density at radius 1 is 1.11 bits per heavy atom. The SMILES string of the molecule is COc1ccc(C(C)(C)c2csc(NC(=O)c3cccc(CN4CCN(CCO)CC4)c3)n2)cc1. The van der Waals surface area contributed by atoms with E-state index in [1.807, 2.05) is 35.7 Å². The number of anilines is 1. The fourth-order valence-corrected chi connectivity index (χ4v) is 5.20. The number of thiazole rings is 1. The smallest absolute Gasteiger partial charge is 0.257 e. The summed E-state index contributed by atoms with van der Waals surface area (Å²) < 4.78 is 5.27. The van der Waals surface area contributed by atoms with Crippen molar-refractivity contribution in [3.63, 3.8) is 0 Å². The number of aliphatic hydroxyl groups excluding tert-OH is 1. The van der Waals surface area contributed by atoms with Crippen molar-refractivity contribution in [1.82, 2.24) is 14.8 Å². The molecule has 0 bridgehead atoms. The molecule has 0 saturated carbocycles. The lowest BCUT2D eigenvalue weighted by molar-refractivity contribution is 0.102. The summed E-state index contributed by atoms with van der Waals surface area (Å²) in [6, 6.07) is 15.8. The molecule has 1 aromatic heterocycles. The van der Waals surface area contributed by atoms with Crippen LogP contribution in [0.2, 0.25) is 0 Å². The third-order valence-corrected chi connectivity index (χ3v) is 7.41. The Labute approximate surface area is 211 Å². The van der Waals surface area contributed by atoms with E-state index in [0.717, 1.165) is 61.8 Å². The predicted molar refractivity (Wildman–Crippen MR) is 140 cm³/mol. The van der Waals surface area contributed by atoms with Crippen molar-refractivity contribution >= 4 is 22.4 Å². The quantitative estimate of drug-likeness (QED) is 0.471. The van der Waals surface area contributed by atoms with E-state index in [-0.39, 0.29) is 17.9 Å². The van der Waals surface area contributed by atoms with Crippen LogP contribution >= 0.6 is 11.3 Å². The first-order valence-electron chi connectivity index (χ1n) is 12.0. The molecule has 0 radical (unpaired) electrons. The maximum absolute atomic E-state index is 13.0. The van der Waals surface area contributed by atoms with Crippen LogP contribution in [-0.2, 0) is 12.0 Å². The molecule has 4 rings (SSSR count). The van der Waals surface area contributed by atoms with Crippen molar-refractivity contribution in [3.05, 3.63) is 76.3 Å². The van der Waals surface area contributed by atoms with Gasteiger partial charge in [0.2, 0.25) is 0 Å². The number of piperazine rings is 1. The summed E-state index contributed by atoms with van der Waals surface area (Å²) in [5.41, 5.74) is 3.50. The Morgan fingerprint density at radius 2 is 1.83 bits per heavy atom. The van der Waals surface area contributed by atoms with Crippen molar-refractivity contribution in [1.29, 1.82) is 0 Å². The highest BCUT2D eigenvalue weighted by molar-refractivity contribution is 7.14. The van der Waals surface area contributed by atoms with Gasteiger partial charge in [-0.05, 0) is 35.4 Å². The molecule has 35 heavy (non-hydrogen) atoms. The van der Waals surface area contributed by atoms with E-state index >= 15 is 0 Å². The average Bonchev–Trinajstić information content (AvgIpc) is 3.35. The topological polar surface area (TPSA) is 77.9 Å².